The summed E-state index contributed by atoms with van der Waals surface area (Å²) in [6.45, 7) is 16.3. The van der Waals surface area contributed by atoms with Crippen LogP contribution in [-0.2, 0) is 14.3 Å². The fourth-order valence-corrected chi connectivity index (χ4v) is 2.27. The molecule has 0 aliphatic carbocycles. The Labute approximate surface area is 163 Å². The third-order valence-corrected chi connectivity index (χ3v) is 3.07. The fraction of sp³-hybridized carbons (Fsp3) is 0.842. The van der Waals surface area contributed by atoms with Gasteiger partial charge >= 0.3 is 12.2 Å². The largest absolute Gasteiger partial charge is 0.444 e. The minimum Gasteiger partial charge on any atom is -0.444 e. The summed E-state index contributed by atoms with van der Waals surface area (Å²) in [5.74, 6) is 0.0162. The van der Waals surface area contributed by atoms with Crippen molar-refractivity contribution in [2.45, 2.75) is 92.0 Å². The molecule has 2 unspecified atom stereocenters. The van der Waals surface area contributed by atoms with Crippen LogP contribution >= 0.6 is 0 Å². The first-order valence-corrected chi connectivity index (χ1v) is 9.36. The summed E-state index contributed by atoms with van der Waals surface area (Å²) in [7, 11) is 0. The molecule has 0 aromatic carbocycles. The molecule has 0 spiro atoms. The number of hydrogen-bond donors (Lipinski definition) is 3. The van der Waals surface area contributed by atoms with Crippen molar-refractivity contribution in [3.05, 3.63) is 0 Å². The summed E-state index contributed by atoms with van der Waals surface area (Å²) in [5.41, 5.74) is -1.36. The molecule has 3 N–H and O–H groups in total. The summed E-state index contributed by atoms with van der Waals surface area (Å²) in [6, 6.07) is -1.05. The second kappa shape index (κ2) is 10.4. The number of ether oxygens (including phenoxy) is 2. The highest BCUT2D eigenvalue weighted by Gasteiger charge is 2.26. The van der Waals surface area contributed by atoms with Crippen LogP contribution in [0.25, 0.3) is 0 Å². The predicted molar refractivity (Wildman–Crippen MR) is 104 cm³/mol. The van der Waals surface area contributed by atoms with Gasteiger partial charge in [0.2, 0.25) is 5.91 Å². The van der Waals surface area contributed by atoms with Crippen LogP contribution in [0.3, 0.4) is 0 Å². The van der Waals surface area contributed by atoms with Gasteiger partial charge in [0.15, 0.2) is 0 Å². The zero-order valence-electron chi connectivity index (χ0n) is 18.2. The van der Waals surface area contributed by atoms with Gasteiger partial charge in [-0.05, 0) is 60.8 Å². The minimum absolute atomic E-state index is 0.0676. The van der Waals surface area contributed by atoms with Gasteiger partial charge < -0.3 is 25.4 Å². The molecule has 0 rings (SSSR count). The van der Waals surface area contributed by atoms with Crippen molar-refractivity contribution in [1.29, 1.82) is 0 Å². The van der Waals surface area contributed by atoms with Gasteiger partial charge in [-0.3, -0.25) is 4.79 Å². The lowest BCUT2D eigenvalue weighted by Gasteiger charge is -2.25. The van der Waals surface area contributed by atoms with Gasteiger partial charge in [0.1, 0.15) is 17.2 Å². The van der Waals surface area contributed by atoms with Crippen LogP contribution in [0.15, 0.2) is 0 Å². The van der Waals surface area contributed by atoms with Crippen LogP contribution in [0.5, 0.6) is 0 Å². The van der Waals surface area contributed by atoms with Gasteiger partial charge in [0.05, 0.1) is 6.54 Å². The van der Waals surface area contributed by atoms with E-state index in [1.165, 1.54) is 0 Å². The van der Waals surface area contributed by atoms with E-state index in [0.29, 0.717) is 5.92 Å². The number of carbonyl (C=O) groups excluding carboxylic acids is 3. The van der Waals surface area contributed by atoms with Crippen LogP contribution in [0.1, 0.15) is 68.7 Å². The van der Waals surface area contributed by atoms with E-state index < -0.39 is 35.3 Å². The van der Waals surface area contributed by atoms with E-state index in [1.54, 1.807) is 41.5 Å². The molecule has 0 fully saturated rings. The topological polar surface area (TPSA) is 106 Å². The molecule has 8 heteroatoms. The quantitative estimate of drug-likeness (QED) is 0.623. The fourth-order valence-electron chi connectivity index (χ4n) is 2.27. The molecule has 2 atom stereocenters. The number of carbonyl (C=O) groups is 3. The molecule has 0 heterocycles. The van der Waals surface area contributed by atoms with E-state index in [2.05, 4.69) is 29.8 Å². The molecule has 0 aromatic rings. The molecule has 3 amide bonds. The Morgan fingerprint density at radius 1 is 0.815 bits per heavy atom. The van der Waals surface area contributed by atoms with E-state index >= 15 is 0 Å². The first-order valence-electron chi connectivity index (χ1n) is 9.36. The lowest BCUT2D eigenvalue weighted by molar-refractivity contribution is -0.123. The van der Waals surface area contributed by atoms with E-state index in [1.807, 2.05) is 6.92 Å². The van der Waals surface area contributed by atoms with Crippen LogP contribution < -0.4 is 16.0 Å². The van der Waals surface area contributed by atoms with Crippen LogP contribution in [0, 0.1) is 5.92 Å². The molecular formula is C19H37N3O5. The summed E-state index contributed by atoms with van der Waals surface area (Å²) in [4.78, 5) is 36.5. The maximum atomic E-state index is 12.6. The van der Waals surface area contributed by atoms with Crippen molar-refractivity contribution < 1.29 is 23.9 Å². The average molecular weight is 388 g/mol. The van der Waals surface area contributed by atoms with Crippen molar-refractivity contribution in [2.75, 3.05) is 6.54 Å². The molecule has 0 aliphatic heterocycles. The highest BCUT2D eigenvalue weighted by Crippen LogP contribution is 2.08. The van der Waals surface area contributed by atoms with Crippen LogP contribution in [0.4, 0.5) is 9.59 Å². The van der Waals surface area contributed by atoms with Gasteiger partial charge in [-0.15, -0.1) is 0 Å². The molecular weight excluding hydrogens is 350 g/mol. The van der Waals surface area contributed by atoms with Crippen molar-refractivity contribution >= 4 is 18.1 Å². The smallest absolute Gasteiger partial charge is 0.408 e. The number of hydrogen-bond acceptors (Lipinski definition) is 5. The average Bonchev–Trinajstić information content (AvgIpc) is 2.37. The highest BCUT2D eigenvalue weighted by atomic mass is 16.6. The Morgan fingerprint density at radius 3 is 1.74 bits per heavy atom. The Hall–Kier alpha value is -1.99. The van der Waals surface area contributed by atoms with Gasteiger partial charge in [-0.25, -0.2) is 9.59 Å². The molecule has 0 saturated heterocycles. The first-order chi connectivity index (χ1) is 12.1. The van der Waals surface area contributed by atoms with E-state index in [0.717, 1.165) is 6.42 Å². The lowest BCUT2D eigenvalue weighted by Crippen LogP contribution is -2.55. The first kappa shape index (κ1) is 25.0. The Morgan fingerprint density at radius 2 is 1.30 bits per heavy atom. The van der Waals surface area contributed by atoms with Gasteiger partial charge in [0, 0.05) is 6.04 Å². The second-order valence-corrected chi connectivity index (χ2v) is 9.12. The molecule has 27 heavy (non-hydrogen) atoms. The SMILES string of the molecule is CC(C)CC(C)NC(=O)C(CNC(=O)OC(C)(C)C)NC(=O)OC(C)(C)C. The Balaban J connectivity index is 4.95. The Kier molecular flexibility index (Phi) is 9.61. The zero-order valence-corrected chi connectivity index (χ0v) is 18.2. The molecule has 0 radical (unpaired) electrons. The molecule has 0 bridgehead atoms. The van der Waals surface area contributed by atoms with Gasteiger partial charge in [0.25, 0.3) is 0 Å². The van der Waals surface area contributed by atoms with Crippen molar-refractivity contribution in [3.8, 4) is 0 Å². The van der Waals surface area contributed by atoms with E-state index in [-0.39, 0.29) is 12.6 Å². The molecule has 158 valence electrons. The van der Waals surface area contributed by atoms with Crippen molar-refractivity contribution in [2.24, 2.45) is 5.92 Å². The van der Waals surface area contributed by atoms with E-state index in [9.17, 15) is 14.4 Å². The van der Waals surface area contributed by atoms with Crippen LogP contribution in [-0.4, -0.2) is 47.9 Å². The van der Waals surface area contributed by atoms with Crippen molar-refractivity contribution in [1.82, 2.24) is 16.0 Å². The molecule has 8 nitrogen and oxygen atoms in total. The van der Waals surface area contributed by atoms with Gasteiger partial charge in [-0.2, -0.15) is 0 Å². The Bertz CT molecular complexity index is 506. The highest BCUT2D eigenvalue weighted by molar-refractivity contribution is 5.86. The number of amides is 3. The monoisotopic (exact) mass is 387 g/mol. The van der Waals surface area contributed by atoms with E-state index in [4.69, 9.17) is 9.47 Å². The predicted octanol–water partition coefficient (Wildman–Crippen LogP) is 2.96. The maximum Gasteiger partial charge on any atom is 0.408 e. The zero-order chi connectivity index (χ0) is 21.4. The third-order valence-electron chi connectivity index (χ3n) is 3.07. The molecule has 0 aliphatic rings. The second-order valence-electron chi connectivity index (χ2n) is 9.12. The number of alkyl carbamates (subject to hydrolysis) is 2. The molecule has 0 aromatic heterocycles. The summed E-state index contributed by atoms with van der Waals surface area (Å²) in [5, 5.41) is 7.87. The van der Waals surface area contributed by atoms with Crippen LogP contribution in [0.2, 0.25) is 0 Å². The maximum absolute atomic E-state index is 12.6. The standard InChI is InChI=1S/C19H37N3O5/c1-12(2)10-13(3)21-15(23)14(22-17(25)27-19(7,8)9)11-20-16(24)26-18(4,5)6/h12-14H,10-11H2,1-9H3,(H,20,24)(H,21,23)(H,22,25). The summed E-state index contributed by atoms with van der Waals surface area (Å²) >= 11 is 0. The number of rotatable bonds is 7. The lowest BCUT2D eigenvalue weighted by atomic mass is 10.0. The molecule has 0 saturated carbocycles. The summed E-state index contributed by atoms with van der Waals surface area (Å²) in [6.07, 6.45) is -0.601. The third kappa shape index (κ3) is 13.8. The van der Waals surface area contributed by atoms with Crippen molar-refractivity contribution in [3.63, 3.8) is 0 Å². The van der Waals surface area contributed by atoms with Gasteiger partial charge in [-0.1, -0.05) is 13.8 Å². The normalized spacial score (nSPS) is 14.1. The number of nitrogens with one attached hydrogen (secondary N) is 3. The minimum atomic E-state index is -0.984. The summed E-state index contributed by atoms with van der Waals surface area (Å²) < 4.78 is 10.4.